The smallest absolute Gasteiger partial charge is 0.116 e. The average Bonchev–Trinajstić information content (AvgIpc) is 3.09. The maximum Gasteiger partial charge on any atom is 0.116 e. The van der Waals surface area contributed by atoms with Crippen LogP contribution in [0.2, 0.25) is 0 Å². The quantitative estimate of drug-likeness (QED) is 0.225. The monoisotopic (exact) mass is 542 g/mol. The Morgan fingerprint density at radius 3 is 0.905 bits per heavy atom. The molecule has 0 bridgehead atoms. The fraction of sp³-hybridized carbons (Fsp3) is 0. The van der Waals surface area contributed by atoms with Crippen LogP contribution < -0.4 is 0 Å². The SMILES string of the molecule is c1ccc(-c2cccc(-c3cccc(-c4nccnc4-c4cccc(-c5cccc(-c6ccccn6)n5)n4)n3)n2)nc1. The van der Waals surface area contributed by atoms with Crippen LogP contribution >= 0.6 is 0 Å². The first-order chi connectivity index (χ1) is 20.8. The average molecular weight is 543 g/mol. The third-order valence-electron chi connectivity index (χ3n) is 6.56. The van der Waals surface area contributed by atoms with Gasteiger partial charge in [0.05, 0.1) is 56.9 Å². The van der Waals surface area contributed by atoms with Crippen molar-refractivity contribution < 1.29 is 0 Å². The van der Waals surface area contributed by atoms with Crippen molar-refractivity contribution in [1.82, 2.24) is 39.9 Å². The fourth-order valence-corrected chi connectivity index (χ4v) is 4.60. The Labute approximate surface area is 242 Å². The molecule has 0 amide bonds. The molecule has 0 aromatic carbocycles. The minimum absolute atomic E-state index is 0.625. The normalized spacial score (nSPS) is 10.9. The van der Waals surface area contributed by atoms with E-state index >= 15 is 0 Å². The summed E-state index contributed by atoms with van der Waals surface area (Å²) in [6, 6.07) is 34.8. The molecule has 0 saturated heterocycles. The molecule has 8 nitrogen and oxygen atoms in total. The minimum atomic E-state index is 0.625. The highest BCUT2D eigenvalue weighted by atomic mass is 14.9. The maximum absolute atomic E-state index is 4.93. The van der Waals surface area contributed by atoms with Crippen LogP contribution in [-0.4, -0.2) is 39.9 Å². The van der Waals surface area contributed by atoms with Gasteiger partial charge >= 0.3 is 0 Å². The van der Waals surface area contributed by atoms with Gasteiger partial charge in [-0.05, 0) is 72.8 Å². The van der Waals surface area contributed by atoms with Crippen molar-refractivity contribution in [2.24, 2.45) is 0 Å². The lowest BCUT2D eigenvalue weighted by atomic mass is 10.1. The summed E-state index contributed by atoms with van der Waals surface area (Å²) in [6.45, 7) is 0. The van der Waals surface area contributed by atoms with Gasteiger partial charge in [0.1, 0.15) is 11.4 Å². The topological polar surface area (TPSA) is 103 Å². The van der Waals surface area contributed by atoms with E-state index < -0.39 is 0 Å². The van der Waals surface area contributed by atoms with Gasteiger partial charge in [-0.2, -0.15) is 0 Å². The second-order valence-corrected chi connectivity index (χ2v) is 9.32. The molecule has 0 unspecified atom stereocenters. The number of rotatable bonds is 6. The van der Waals surface area contributed by atoms with Gasteiger partial charge < -0.3 is 0 Å². The molecule has 7 aromatic rings. The Hall–Kier alpha value is -6.02. The molecule has 0 aliphatic rings. The van der Waals surface area contributed by atoms with Crippen LogP contribution in [-0.2, 0) is 0 Å². The van der Waals surface area contributed by atoms with Crippen molar-refractivity contribution in [2.45, 2.75) is 0 Å². The van der Waals surface area contributed by atoms with Gasteiger partial charge in [-0.3, -0.25) is 19.9 Å². The van der Waals surface area contributed by atoms with E-state index in [9.17, 15) is 0 Å². The summed E-state index contributed by atoms with van der Waals surface area (Å²) >= 11 is 0. The minimum Gasteiger partial charge on any atom is -0.255 e. The number of pyridine rings is 6. The van der Waals surface area contributed by atoms with Gasteiger partial charge in [-0.1, -0.05) is 36.4 Å². The Balaban J connectivity index is 1.25. The molecule has 0 atom stereocenters. The van der Waals surface area contributed by atoms with Crippen LogP contribution in [0.5, 0.6) is 0 Å². The van der Waals surface area contributed by atoms with Crippen LogP contribution in [0.15, 0.2) is 134 Å². The lowest BCUT2D eigenvalue weighted by molar-refractivity contribution is 1.15. The van der Waals surface area contributed by atoms with Crippen LogP contribution in [0.3, 0.4) is 0 Å². The summed E-state index contributed by atoms with van der Waals surface area (Å²) in [5.41, 5.74) is 8.68. The molecule has 198 valence electrons. The summed E-state index contributed by atoms with van der Waals surface area (Å²) in [4.78, 5) is 37.7. The first-order valence-electron chi connectivity index (χ1n) is 13.4. The van der Waals surface area contributed by atoms with Crippen molar-refractivity contribution in [1.29, 1.82) is 0 Å². The second-order valence-electron chi connectivity index (χ2n) is 9.32. The van der Waals surface area contributed by atoms with Gasteiger partial charge in [0, 0.05) is 24.8 Å². The van der Waals surface area contributed by atoms with E-state index in [0.717, 1.165) is 45.6 Å². The highest BCUT2D eigenvalue weighted by Crippen LogP contribution is 2.30. The third kappa shape index (κ3) is 5.12. The lowest BCUT2D eigenvalue weighted by Crippen LogP contribution is -1.99. The molecular formula is C34H22N8. The van der Waals surface area contributed by atoms with Crippen LogP contribution in [0.1, 0.15) is 0 Å². The van der Waals surface area contributed by atoms with Gasteiger partial charge in [-0.25, -0.2) is 19.9 Å². The van der Waals surface area contributed by atoms with Gasteiger partial charge in [0.2, 0.25) is 0 Å². The summed E-state index contributed by atoms with van der Waals surface area (Å²) in [5, 5.41) is 0. The molecule has 0 aliphatic carbocycles. The molecule has 7 aromatic heterocycles. The first-order valence-corrected chi connectivity index (χ1v) is 13.4. The van der Waals surface area contributed by atoms with Gasteiger partial charge in [0.15, 0.2) is 0 Å². The van der Waals surface area contributed by atoms with Gasteiger partial charge in [-0.15, -0.1) is 0 Å². The maximum atomic E-state index is 4.93. The number of hydrogen-bond acceptors (Lipinski definition) is 8. The zero-order valence-corrected chi connectivity index (χ0v) is 22.3. The first kappa shape index (κ1) is 25.0. The highest BCUT2D eigenvalue weighted by Gasteiger charge is 2.16. The van der Waals surface area contributed by atoms with Crippen molar-refractivity contribution in [3.8, 4) is 68.3 Å². The lowest BCUT2D eigenvalue weighted by Gasteiger charge is -2.10. The molecule has 7 rings (SSSR count). The van der Waals surface area contributed by atoms with Crippen molar-refractivity contribution in [3.05, 3.63) is 134 Å². The summed E-state index contributed by atoms with van der Waals surface area (Å²) < 4.78 is 0. The standard InChI is InChI=1S/C34H22N8/c1-3-19-35-23(9-1)25-11-5-13-27(39-25)29-15-7-17-31(41-29)33-34(38-22-21-37-33)32-18-8-16-30(42-32)28-14-6-12-26(40-28)24-10-2-4-20-36-24/h1-22H. The van der Waals surface area contributed by atoms with E-state index in [1.165, 1.54) is 0 Å². The number of aromatic nitrogens is 8. The van der Waals surface area contributed by atoms with Gasteiger partial charge in [0.25, 0.3) is 0 Å². The highest BCUT2D eigenvalue weighted by molar-refractivity contribution is 5.76. The zero-order valence-electron chi connectivity index (χ0n) is 22.3. The molecule has 0 aliphatic heterocycles. The molecule has 0 fully saturated rings. The van der Waals surface area contributed by atoms with E-state index in [4.69, 9.17) is 19.9 Å². The van der Waals surface area contributed by atoms with E-state index in [-0.39, 0.29) is 0 Å². The molecule has 0 spiro atoms. The molecule has 0 saturated carbocycles. The summed E-state index contributed by atoms with van der Waals surface area (Å²) in [7, 11) is 0. The van der Waals surface area contributed by atoms with Crippen molar-refractivity contribution in [2.75, 3.05) is 0 Å². The molecular weight excluding hydrogens is 520 g/mol. The molecule has 8 heteroatoms. The second kappa shape index (κ2) is 11.2. The Bertz CT molecular complexity index is 1850. The Kier molecular flexibility index (Phi) is 6.68. The van der Waals surface area contributed by atoms with Crippen LogP contribution in [0.25, 0.3) is 68.3 Å². The number of nitrogens with zero attached hydrogens (tertiary/aromatic N) is 8. The predicted octanol–water partition coefficient (Wildman–Crippen LogP) is 6.85. The Morgan fingerprint density at radius 2 is 0.548 bits per heavy atom. The van der Waals surface area contributed by atoms with E-state index in [0.29, 0.717) is 22.8 Å². The van der Waals surface area contributed by atoms with Crippen molar-refractivity contribution >= 4 is 0 Å². The molecule has 0 N–H and O–H groups in total. The molecule has 42 heavy (non-hydrogen) atoms. The molecule has 0 radical (unpaired) electrons. The molecule has 7 heterocycles. The number of hydrogen-bond donors (Lipinski definition) is 0. The summed E-state index contributed by atoms with van der Waals surface area (Å²) in [6.07, 6.45) is 6.84. The predicted molar refractivity (Wildman–Crippen MR) is 161 cm³/mol. The zero-order chi connectivity index (χ0) is 28.1. The summed E-state index contributed by atoms with van der Waals surface area (Å²) in [5.74, 6) is 0. The largest absolute Gasteiger partial charge is 0.255 e. The fourth-order valence-electron chi connectivity index (χ4n) is 4.60. The van der Waals surface area contributed by atoms with Crippen LogP contribution in [0, 0.1) is 0 Å². The van der Waals surface area contributed by atoms with E-state index in [1.807, 2.05) is 109 Å². The van der Waals surface area contributed by atoms with Crippen LogP contribution in [0.4, 0.5) is 0 Å². The third-order valence-corrected chi connectivity index (χ3v) is 6.56. The van der Waals surface area contributed by atoms with Crippen molar-refractivity contribution in [3.63, 3.8) is 0 Å². The van der Waals surface area contributed by atoms with E-state index in [2.05, 4.69) is 19.9 Å². The Morgan fingerprint density at radius 1 is 0.238 bits per heavy atom. The van der Waals surface area contributed by atoms with E-state index in [1.54, 1.807) is 24.8 Å².